The van der Waals surface area contributed by atoms with Gasteiger partial charge in [-0.05, 0) is 44.9 Å². The van der Waals surface area contributed by atoms with Crippen molar-refractivity contribution in [2.45, 2.75) is 52.1 Å². The van der Waals surface area contributed by atoms with Crippen molar-refractivity contribution in [2.24, 2.45) is 10.9 Å². The van der Waals surface area contributed by atoms with Gasteiger partial charge >= 0.3 is 0 Å². The van der Waals surface area contributed by atoms with Crippen molar-refractivity contribution in [3.05, 3.63) is 0 Å². The number of halogens is 1. The summed E-state index contributed by atoms with van der Waals surface area (Å²) in [6.07, 6.45) is 6.18. The van der Waals surface area contributed by atoms with Gasteiger partial charge in [0.2, 0.25) is 0 Å². The molecule has 0 spiro atoms. The van der Waals surface area contributed by atoms with Gasteiger partial charge in [-0.3, -0.25) is 4.99 Å². The molecule has 2 saturated heterocycles. The highest BCUT2D eigenvalue weighted by Gasteiger charge is 2.18. The molecule has 2 heterocycles. The molecule has 1 atom stereocenters. The summed E-state index contributed by atoms with van der Waals surface area (Å²) in [5, 5.41) is 3.42. The second-order valence-electron chi connectivity index (χ2n) is 6.47. The average molecular weight is 439 g/mol. The molecule has 1 N–H and O–H groups in total. The second kappa shape index (κ2) is 12.3. The predicted octanol–water partition coefficient (Wildman–Crippen LogP) is 2.89. The molecule has 0 saturated carbocycles. The summed E-state index contributed by atoms with van der Waals surface area (Å²) in [5.41, 5.74) is 0. The van der Waals surface area contributed by atoms with E-state index in [9.17, 15) is 0 Å². The maximum absolute atomic E-state index is 5.69. The lowest BCUT2D eigenvalue weighted by Gasteiger charge is -2.33. The number of hydrogen-bond donors (Lipinski definition) is 1. The summed E-state index contributed by atoms with van der Waals surface area (Å²) in [6.45, 7) is 10.9. The summed E-state index contributed by atoms with van der Waals surface area (Å²) in [4.78, 5) is 7.15. The van der Waals surface area contributed by atoms with Crippen molar-refractivity contribution >= 4 is 29.9 Å². The van der Waals surface area contributed by atoms with Crippen LogP contribution in [0.5, 0.6) is 0 Å². The highest BCUT2D eigenvalue weighted by Crippen LogP contribution is 2.16. The Bertz CT molecular complexity index is 328. The fraction of sp³-hybridized carbons (Fsp3) is 0.941. The lowest BCUT2D eigenvalue weighted by Crippen LogP contribution is -2.45. The van der Waals surface area contributed by atoms with E-state index in [0.29, 0.717) is 6.10 Å². The first-order valence-corrected chi connectivity index (χ1v) is 9.02. The number of nitrogens with one attached hydrogen (secondary N) is 1. The Hall–Kier alpha value is -0.0800. The monoisotopic (exact) mass is 439 g/mol. The van der Waals surface area contributed by atoms with Gasteiger partial charge in [-0.2, -0.15) is 0 Å². The molecule has 0 radical (unpaired) electrons. The number of guanidine groups is 1. The topological polar surface area (TPSA) is 46.1 Å². The molecule has 0 bridgehead atoms. The molecule has 2 rings (SSSR count). The second-order valence-corrected chi connectivity index (χ2v) is 6.47. The molecule has 1 unspecified atom stereocenters. The maximum atomic E-state index is 5.69. The molecular formula is C17H34IN3O2. The van der Waals surface area contributed by atoms with E-state index < -0.39 is 0 Å². The summed E-state index contributed by atoms with van der Waals surface area (Å²) < 4.78 is 11.2. The van der Waals surface area contributed by atoms with Crippen LogP contribution < -0.4 is 5.32 Å². The molecule has 0 aromatic heterocycles. The highest BCUT2D eigenvalue weighted by atomic mass is 127. The SMILES string of the molecule is CCNC(=NCCCOCC1CCCO1)N1CCC(C)CC1.I. The molecule has 2 aliphatic heterocycles. The molecule has 0 aromatic rings. The molecule has 0 aromatic carbocycles. The van der Waals surface area contributed by atoms with E-state index in [-0.39, 0.29) is 24.0 Å². The Balaban J connectivity index is 0.00000264. The number of rotatable bonds is 7. The van der Waals surface area contributed by atoms with Crippen LogP contribution in [0, 0.1) is 5.92 Å². The van der Waals surface area contributed by atoms with Gasteiger partial charge in [-0.15, -0.1) is 24.0 Å². The van der Waals surface area contributed by atoms with E-state index in [1.807, 2.05) is 0 Å². The van der Waals surface area contributed by atoms with E-state index >= 15 is 0 Å². The lowest BCUT2D eigenvalue weighted by atomic mass is 10.00. The number of piperidine rings is 1. The third-order valence-corrected chi connectivity index (χ3v) is 4.45. The van der Waals surface area contributed by atoms with E-state index in [1.54, 1.807) is 0 Å². The molecule has 0 amide bonds. The first-order chi connectivity index (χ1) is 10.8. The molecule has 136 valence electrons. The van der Waals surface area contributed by atoms with Crippen LogP contribution in [0.4, 0.5) is 0 Å². The van der Waals surface area contributed by atoms with E-state index in [2.05, 4.69) is 24.1 Å². The number of aliphatic imine (C=N–C) groups is 1. The Morgan fingerprint density at radius 1 is 1.30 bits per heavy atom. The smallest absolute Gasteiger partial charge is 0.193 e. The number of ether oxygens (including phenoxy) is 2. The van der Waals surface area contributed by atoms with Crippen molar-refractivity contribution in [1.82, 2.24) is 10.2 Å². The minimum absolute atomic E-state index is 0. The van der Waals surface area contributed by atoms with Crippen molar-refractivity contribution < 1.29 is 9.47 Å². The maximum Gasteiger partial charge on any atom is 0.193 e. The Labute approximate surface area is 158 Å². The van der Waals surface area contributed by atoms with E-state index in [4.69, 9.17) is 14.5 Å². The molecule has 6 heteroatoms. The average Bonchev–Trinajstić information content (AvgIpc) is 3.04. The number of likely N-dealkylation sites (tertiary alicyclic amines) is 1. The zero-order valence-corrected chi connectivity index (χ0v) is 17.1. The van der Waals surface area contributed by atoms with Crippen LogP contribution in [-0.2, 0) is 9.47 Å². The van der Waals surface area contributed by atoms with Crippen LogP contribution in [0.15, 0.2) is 4.99 Å². The van der Waals surface area contributed by atoms with Gasteiger partial charge in [0.15, 0.2) is 5.96 Å². The van der Waals surface area contributed by atoms with Crippen LogP contribution in [0.3, 0.4) is 0 Å². The molecule has 2 aliphatic rings. The zero-order valence-electron chi connectivity index (χ0n) is 14.8. The zero-order chi connectivity index (χ0) is 15.6. The Morgan fingerprint density at radius 3 is 2.74 bits per heavy atom. The van der Waals surface area contributed by atoms with Crippen molar-refractivity contribution in [3.63, 3.8) is 0 Å². The van der Waals surface area contributed by atoms with Crippen LogP contribution in [0.25, 0.3) is 0 Å². The number of nitrogens with zero attached hydrogens (tertiary/aromatic N) is 2. The van der Waals surface area contributed by atoms with Crippen LogP contribution >= 0.6 is 24.0 Å². The molecule has 0 aliphatic carbocycles. The quantitative estimate of drug-likeness (QED) is 0.287. The third kappa shape index (κ3) is 8.03. The summed E-state index contributed by atoms with van der Waals surface area (Å²) in [6, 6.07) is 0. The lowest BCUT2D eigenvalue weighted by molar-refractivity contribution is 0.0170. The summed E-state index contributed by atoms with van der Waals surface area (Å²) in [7, 11) is 0. The van der Waals surface area contributed by atoms with Crippen molar-refractivity contribution in [3.8, 4) is 0 Å². The van der Waals surface area contributed by atoms with Crippen LogP contribution in [-0.4, -0.2) is 63.0 Å². The normalized spacial score (nSPS) is 23.0. The predicted molar refractivity (Wildman–Crippen MR) is 106 cm³/mol. The first-order valence-electron chi connectivity index (χ1n) is 9.02. The third-order valence-electron chi connectivity index (χ3n) is 4.45. The minimum Gasteiger partial charge on any atom is -0.379 e. The molecule has 5 nitrogen and oxygen atoms in total. The van der Waals surface area contributed by atoms with Gasteiger partial charge in [-0.1, -0.05) is 6.92 Å². The Morgan fingerprint density at radius 2 is 2.09 bits per heavy atom. The summed E-state index contributed by atoms with van der Waals surface area (Å²) >= 11 is 0. The first kappa shape index (κ1) is 21.0. The van der Waals surface area contributed by atoms with Gasteiger partial charge in [0.1, 0.15) is 0 Å². The van der Waals surface area contributed by atoms with Gasteiger partial charge in [0, 0.05) is 39.4 Å². The van der Waals surface area contributed by atoms with Crippen LogP contribution in [0.2, 0.25) is 0 Å². The molecule has 23 heavy (non-hydrogen) atoms. The van der Waals surface area contributed by atoms with Crippen molar-refractivity contribution in [2.75, 3.05) is 46.0 Å². The molecular weight excluding hydrogens is 405 g/mol. The fourth-order valence-electron chi connectivity index (χ4n) is 2.99. The van der Waals surface area contributed by atoms with E-state index in [1.165, 1.54) is 19.3 Å². The Kier molecular flexibility index (Phi) is 11.2. The van der Waals surface area contributed by atoms with Crippen molar-refractivity contribution in [1.29, 1.82) is 0 Å². The minimum atomic E-state index is 0. The van der Waals surface area contributed by atoms with Crippen LogP contribution in [0.1, 0.15) is 46.0 Å². The van der Waals surface area contributed by atoms with Gasteiger partial charge in [-0.25, -0.2) is 0 Å². The largest absolute Gasteiger partial charge is 0.379 e. The summed E-state index contributed by atoms with van der Waals surface area (Å²) in [5.74, 6) is 1.93. The fourth-order valence-corrected chi connectivity index (χ4v) is 2.99. The van der Waals surface area contributed by atoms with E-state index in [0.717, 1.165) is 70.7 Å². The molecule has 2 fully saturated rings. The highest BCUT2D eigenvalue weighted by molar-refractivity contribution is 14.0. The van der Waals surface area contributed by atoms with Gasteiger partial charge in [0.25, 0.3) is 0 Å². The number of hydrogen-bond acceptors (Lipinski definition) is 3. The standard InChI is InChI=1S/C17H33N3O2.HI/c1-3-18-17(20-10-7-15(2)8-11-20)19-9-5-12-21-14-16-6-4-13-22-16;/h15-16H,3-14H2,1-2H3,(H,18,19);1H. The van der Waals surface area contributed by atoms with Gasteiger partial charge in [0.05, 0.1) is 12.7 Å². The van der Waals surface area contributed by atoms with Gasteiger partial charge < -0.3 is 19.7 Å².